The van der Waals surface area contributed by atoms with E-state index in [-0.39, 0.29) is 29.7 Å². The molecule has 6 nitrogen and oxygen atoms in total. The van der Waals surface area contributed by atoms with Crippen LogP contribution >= 0.6 is 0 Å². The smallest absolute Gasteiger partial charge is 0.322 e. The largest absolute Gasteiger partial charge is 0.508 e. The molecule has 0 saturated carbocycles. The van der Waals surface area contributed by atoms with Gasteiger partial charge in [0.05, 0.1) is 12.1 Å². The molecule has 1 aliphatic heterocycles. The Morgan fingerprint density at radius 1 is 0.744 bits per heavy atom. The van der Waals surface area contributed by atoms with E-state index in [4.69, 9.17) is 0 Å². The molecule has 7 heteroatoms. The van der Waals surface area contributed by atoms with Gasteiger partial charge in [0.2, 0.25) is 0 Å². The van der Waals surface area contributed by atoms with Crippen LogP contribution in [0, 0.1) is 5.82 Å². The van der Waals surface area contributed by atoms with Crippen molar-refractivity contribution in [2.75, 3.05) is 4.90 Å². The fraction of sp³-hybridized carbons (Fsp3) is 0.111. The maximum atomic E-state index is 13.5. The zero-order valence-electron chi connectivity index (χ0n) is 23.2. The second kappa shape index (κ2) is 11.8. The van der Waals surface area contributed by atoms with Crippen molar-refractivity contribution in [3.8, 4) is 33.8 Å². The van der Waals surface area contributed by atoms with Crippen LogP contribution in [0.1, 0.15) is 34.8 Å². The summed E-state index contributed by atoms with van der Waals surface area (Å²) >= 11 is 0. The van der Waals surface area contributed by atoms with Crippen molar-refractivity contribution in [1.29, 1.82) is 0 Å². The molecule has 1 heterocycles. The molecule has 0 spiro atoms. The van der Waals surface area contributed by atoms with Crippen molar-refractivity contribution < 1.29 is 24.2 Å². The van der Waals surface area contributed by atoms with Gasteiger partial charge in [0.1, 0.15) is 17.3 Å². The number of ketones is 1. The van der Waals surface area contributed by atoms with Gasteiger partial charge in [0.15, 0.2) is 5.78 Å². The zero-order valence-corrected chi connectivity index (χ0v) is 23.2. The lowest BCUT2D eigenvalue weighted by atomic mass is 9.91. The molecule has 214 valence electrons. The number of phenols is 2. The minimum absolute atomic E-state index is 0.0110. The Bertz CT molecular complexity index is 1770. The van der Waals surface area contributed by atoms with E-state index in [1.54, 1.807) is 35.2 Å². The molecule has 1 saturated heterocycles. The van der Waals surface area contributed by atoms with Crippen LogP contribution in [0.15, 0.2) is 121 Å². The number of rotatable bonds is 8. The molecule has 2 amide bonds. The topological polar surface area (TPSA) is 89.9 Å². The average Bonchev–Trinajstić information content (AvgIpc) is 3.36. The molecular weight excluding hydrogens is 543 g/mol. The fourth-order valence-electron chi connectivity index (χ4n) is 5.65. The van der Waals surface area contributed by atoms with Gasteiger partial charge in [0.25, 0.3) is 0 Å². The molecule has 3 N–H and O–H groups in total. The van der Waals surface area contributed by atoms with Gasteiger partial charge < -0.3 is 15.5 Å². The summed E-state index contributed by atoms with van der Waals surface area (Å²) in [6.07, 6.45) is 0.426. The number of halogens is 1. The number of amides is 2. The van der Waals surface area contributed by atoms with E-state index >= 15 is 0 Å². The number of urea groups is 1. The highest BCUT2D eigenvalue weighted by atomic mass is 19.1. The minimum atomic E-state index is -0.616. The van der Waals surface area contributed by atoms with E-state index in [0.717, 1.165) is 16.7 Å². The third-order valence-corrected chi connectivity index (χ3v) is 7.82. The lowest BCUT2D eigenvalue weighted by Crippen LogP contribution is -2.29. The van der Waals surface area contributed by atoms with Gasteiger partial charge in [-0.2, -0.15) is 0 Å². The van der Waals surface area contributed by atoms with Crippen LogP contribution in [0.25, 0.3) is 22.3 Å². The first-order valence-electron chi connectivity index (χ1n) is 14.0. The number of nitrogens with zero attached hydrogens (tertiary/aromatic N) is 1. The predicted octanol–water partition coefficient (Wildman–Crippen LogP) is 7.87. The zero-order chi connectivity index (χ0) is 29.9. The summed E-state index contributed by atoms with van der Waals surface area (Å²) in [7, 11) is 0. The van der Waals surface area contributed by atoms with Gasteiger partial charge in [-0.3, -0.25) is 9.69 Å². The molecule has 0 unspecified atom stereocenters. The highest BCUT2D eigenvalue weighted by Crippen LogP contribution is 2.41. The second-order valence-corrected chi connectivity index (χ2v) is 10.6. The highest BCUT2D eigenvalue weighted by molar-refractivity contribution is 5.98. The van der Waals surface area contributed by atoms with Gasteiger partial charge in [-0.25, -0.2) is 9.18 Å². The Labute approximate surface area is 248 Å². The summed E-state index contributed by atoms with van der Waals surface area (Å²) in [4.78, 5) is 28.0. The normalized spacial score (nSPS) is 16.2. The van der Waals surface area contributed by atoms with E-state index < -0.39 is 17.9 Å². The van der Waals surface area contributed by atoms with Gasteiger partial charge in [-0.05, 0) is 83.3 Å². The molecule has 43 heavy (non-hydrogen) atoms. The molecule has 6 rings (SSSR count). The molecular formula is C36H29FN2O4. The number of hydrogen-bond acceptors (Lipinski definition) is 4. The summed E-state index contributed by atoms with van der Waals surface area (Å²) in [6.45, 7) is 0. The molecule has 0 aromatic heterocycles. The van der Waals surface area contributed by atoms with Crippen LogP contribution < -0.4 is 10.2 Å². The van der Waals surface area contributed by atoms with E-state index in [1.807, 2.05) is 66.7 Å². The van der Waals surface area contributed by atoms with Crippen molar-refractivity contribution in [2.24, 2.45) is 0 Å². The Morgan fingerprint density at radius 2 is 1.40 bits per heavy atom. The molecule has 1 aliphatic rings. The molecule has 0 aliphatic carbocycles. The summed E-state index contributed by atoms with van der Waals surface area (Å²) in [5.41, 5.74) is 5.05. The number of hydrogen-bond donors (Lipinski definition) is 3. The Hall–Kier alpha value is -5.43. The lowest BCUT2D eigenvalue weighted by molar-refractivity contribution is 0.0976. The first-order chi connectivity index (χ1) is 20.9. The average molecular weight is 573 g/mol. The number of carbonyl (C=O) groups excluding carboxylic acids is 2. The quantitative estimate of drug-likeness (QED) is 0.165. The van der Waals surface area contributed by atoms with Crippen molar-refractivity contribution in [2.45, 2.75) is 24.9 Å². The van der Waals surface area contributed by atoms with Crippen molar-refractivity contribution in [3.63, 3.8) is 0 Å². The summed E-state index contributed by atoms with van der Waals surface area (Å²) in [5.74, 6) is -0.480. The van der Waals surface area contributed by atoms with E-state index in [1.165, 1.54) is 24.3 Å². The molecule has 5 aromatic rings. The Balaban J connectivity index is 1.33. The lowest BCUT2D eigenvalue weighted by Gasteiger charge is -2.28. The number of aromatic hydroxyl groups is 2. The standard InChI is InChI=1S/C36H29FN2O4/c37-28-14-9-25(10-15-28)33(41)20-19-32-35(31-18-13-27(22-34(31)42)26-7-4-8-30(40)21-26)39(36(43)38-32)29-16-11-24(12-17-29)23-5-2-1-3-6-23/h1-18,21-22,32,35,40,42H,19-20H2,(H,38,43)/t32-,35+/m0/s1. The van der Waals surface area contributed by atoms with Crippen LogP contribution in [0.3, 0.4) is 0 Å². The Kier molecular flexibility index (Phi) is 7.62. The van der Waals surface area contributed by atoms with Gasteiger partial charge in [-0.1, -0.05) is 66.7 Å². The van der Waals surface area contributed by atoms with Crippen molar-refractivity contribution in [1.82, 2.24) is 5.32 Å². The third kappa shape index (κ3) is 5.83. The molecule has 2 atom stereocenters. The van der Waals surface area contributed by atoms with Gasteiger partial charge in [0, 0.05) is 23.2 Å². The van der Waals surface area contributed by atoms with E-state index in [2.05, 4.69) is 5.32 Å². The SMILES string of the molecule is O=C(CC[C@@H]1NC(=O)N(c2ccc(-c3ccccc3)cc2)[C@@H]1c1ccc(-c2cccc(O)c2)cc1O)c1ccc(F)cc1. The van der Waals surface area contributed by atoms with Gasteiger partial charge >= 0.3 is 6.03 Å². The summed E-state index contributed by atoms with van der Waals surface area (Å²) < 4.78 is 13.4. The van der Waals surface area contributed by atoms with Gasteiger partial charge in [-0.15, -0.1) is 0 Å². The van der Waals surface area contributed by atoms with Crippen LogP contribution in [0.2, 0.25) is 0 Å². The maximum Gasteiger partial charge on any atom is 0.322 e. The van der Waals surface area contributed by atoms with Crippen LogP contribution in [-0.4, -0.2) is 28.1 Å². The number of Topliss-reactive ketones (excluding diaryl/α,β-unsaturated/α-hetero) is 1. The monoisotopic (exact) mass is 572 g/mol. The molecule has 0 bridgehead atoms. The first kappa shape index (κ1) is 27.7. The second-order valence-electron chi connectivity index (χ2n) is 10.6. The number of anilines is 1. The Morgan fingerprint density at radius 3 is 2.09 bits per heavy atom. The number of nitrogens with one attached hydrogen (secondary N) is 1. The first-order valence-corrected chi connectivity index (χ1v) is 14.0. The predicted molar refractivity (Wildman–Crippen MR) is 165 cm³/mol. The van der Waals surface area contributed by atoms with Crippen LogP contribution in [0.5, 0.6) is 11.5 Å². The maximum absolute atomic E-state index is 13.5. The minimum Gasteiger partial charge on any atom is -0.508 e. The van der Waals surface area contributed by atoms with Crippen LogP contribution in [0.4, 0.5) is 14.9 Å². The molecule has 1 fully saturated rings. The molecule has 0 radical (unpaired) electrons. The molecule has 5 aromatic carbocycles. The third-order valence-electron chi connectivity index (χ3n) is 7.82. The summed E-state index contributed by atoms with van der Waals surface area (Å²) in [5, 5.41) is 24.2. The number of phenolic OH excluding ortho intramolecular Hbond substituents is 2. The van der Waals surface area contributed by atoms with Crippen LogP contribution in [-0.2, 0) is 0 Å². The fourth-order valence-corrected chi connectivity index (χ4v) is 5.65. The number of carbonyl (C=O) groups is 2. The number of benzene rings is 5. The van der Waals surface area contributed by atoms with Crippen molar-refractivity contribution >= 4 is 17.5 Å². The summed E-state index contributed by atoms with van der Waals surface area (Å²) in [6, 6.07) is 33.5. The van der Waals surface area contributed by atoms with Crippen molar-refractivity contribution in [3.05, 3.63) is 138 Å². The van der Waals surface area contributed by atoms with E-state index in [9.17, 15) is 24.2 Å². The highest BCUT2D eigenvalue weighted by Gasteiger charge is 2.42. The van der Waals surface area contributed by atoms with E-state index in [0.29, 0.717) is 28.8 Å².